The third kappa shape index (κ3) is 3.10. The van der Waals surface area contributed by atoms with E-state index in [-0.39, 0.29) is 5.92 Å². The van der Waals surface area contributed by atoms with Crippen LogP contribution in [0.15, 0.2) is 0 Å². The van der Waals surface area contributed by atoms with Crippen LogP contribution in [0.25, 0.3) is 0 Å². The van der Waals surface area contributed by atoms with E-state index in [1.54, 1.807) is 0 Å². The van der Waals surface area contributed by atoms with E-state index in [9.17, 15) is 4.79 Å². The molecule has 3 nitrogen and oxygen atoms in total. The molecule has 4 heteroatoms. The molecule has 1 saturated carbocycles. The minimum Gasteiger partial charge on any atom is -0.340 e. The Labute approximate surface area is 120 Å². The first-order valence-corrected chi connectivity index (χ1v) is 8.91. The lowest BCUT2D eigenvalue weighted by Crippen LogP contribution is -2.53. The Morgan fingerprint density at radius 2 is 2.05 bits per heavy atom. The minimum atomic E-state index is 0.248. The van der Waals surface area contributed by atoms with E-state index in [1.165, 1.54) is 32.1 Å². The number of piperidine rings is 1. The standard InChI is InChI=1S/C15H26N2OS/c18-14(13-5-4-8-16-11-13)17-9-10-19-15(12-17)6-2-1-3-7-15/h13,16H,1-12H2. The second-order valence-corrected chi connectivity index (χ2v) is 7.96. The lowest BCUT2D eigenvalue weighted by atomic mass is 9.87. The first-order chi connectivity index (χ1) is 9.29. The van der Waals surface area contributed by atoms with Gasteiger partial charge in [-0.1, -0.05) is 19.3 Å². The van der Waals surface area contributed by atoms with E-state index in [0.29, 0.717) is 10.7 Å². The highest BCUT2D eigenvalue weighted by Crippen LogP contribution is 2.43. The second kappa shape index (κ2) is 6.04. The molecule has 3 rings (SSSR count). The summed E-state index contributed by atoms with van der Waals surface area (Å²) in [6.07, 6.45) is 9.00. The van der Waals surface area contributed by atoms with Crippen LogP contribution in [0.3, 0.4) is 0 Å². The molecule has 19 heavy (non-hydrogen) atoms. The lowest BCUT2D eigenvalue weighted by molar-refractivity contribution is -0.136. The number of thioether (sulfide) groups is 1. The van der Waals surface area contributed by atoms with E-state index < -0.39 is 0 Å². The molecule has 3 aliphatic rings. The highest BCUT2D eigenvalue weighted by molar-refractivity contribution is 8.00. The average molecular weight is 282 g/mol. The van der Waals surface area contributed by atoms with Crippen LogP contribution in [0.5, 0.6) is 0 Å². The van der Waals surface area contributed by atoms with Crippen LogP contribution >= 0.6 is 11.8 Å². The molecule has 2 aliphatic heterocycles. The number of hydrogen-bond donors (Lipinski definition) is 1. The summed E-state index contributed by atoms with van der Waals surface area (Å²) >= 11 is 2.14. The molecule has 1 spiro atoms. The molecule has 0 aromatic heterocycles. The van der Waals surface area contributed by atoms with Gasteiger partial charge in [0.25, 0.3) is 0 Å². The molecule has 108 valence electrons. The Morgan fingerprint density at radius 1 is 1.21 bits per heavy atom. The summed E-state index contributed by atoms with van der Waals surface area (Å²) in [4.78, 5) is 14.8. The molecular weight excluding hydrogens is 256 g/mol. The van der Waals surface area contributed by atoms with Crippen molar-refractivity contribution in [3.8, 4) is 0 Å². The van der Waals surface area contributed by atoms with Crippen LogP contribution in [0.1, 0.15) is 44.9 Å². The van der Waals surface area contributed by atoms with Crippen molar-refractivity contribution in [2.24, 2.45) is 5.92 Å². The number of amides is 1. The smallest absolute Gasteiger partial charge is 0.227 e. The van der Waals surface area contributed by atoms with E-state index in [2.05, 4.69) is 22.0 Å². The van der Waals surface area contributed by atoms with Gasteiger partial charge >= 0.3 is 0 Å². The zero-order valence-corrected chi connectivity index (χ0v) is 12.6. The minimum absolute atomic E-state index is 0.248. The molecule has 1 unspecified atom stereocenters. The van der Waals surface area contributed by atoms with Crippen LogP contribution in [0.2, 0.25) is 0 Å². The van der Waals surface area contributed by atoms with E-state index in [1.807, 2.05) is 0 Å². The van der Waals surface area contributed by atoms with Gasteiger partial charge in [0.05, 0.1) is 5.92 Å². The number of hydrogen-bond acceptors (Lipinski definition) is 3. The molecule has 1 aliphatic carbocycles. The summed E-state index contributed by atoms with van der Waals surface area (Å²) in [5, 5.41) is 3.37. The fraction of sp³-hybridized carbons (Fsp3) is 0.933. The van der Waals surface area contributed by atoms with Gasteiger partial charge in [-0.3, -0.25) is 4.79 Å². The van der Waals surface area contributed by atoms with Crippen molar-refractivity contribution in [3.63, 3.8) is 0 Å². The normalized spacial score (nSPS) is 31.4. The van der Waals surface area contributed by atoms with Crippen molar-refractivity contribution in [2.75, 3.05) is 31.9 Å². The third-order valence-electron chi connectivity index (χ3n) is 4.97. The molecular formula is C15H26N2OS. The van der Waals surface area contributed by atoms with Gasteiger partial charge in [-0.2, -0.15) is 11.8 Å². The van der Waals surface area contributed by atoms with Gasteiger partial charge in [-0.05, 0) is 32.2 Å². The molecule has 1 N–H and O–H groups in total. The first-order valence-electron chi connectivity index (χ1n) is 7.93. The molecule has 0 bridgehead atoms. The van der Waals surface area contributed by atoms with Crippen LogP contribution < -0.4 is 5.32 Å². The van der Waals surface area contributed by atoms with Gasteiger partial charge in [0, 0.05) is 30.1 Å². The van der Waals surface area contributed by atoms with E-state index in [0.717, 1.165) is 44.8 Å². The highest BCUT2D eigenvalue weighted by atomic mass is 32.2. The maximum atomic E-state index is 12.7. The van der Waals surface area contributed by atoms with Gasteiger partial charge in [0.15, 0.2) is 0 Å². The van der Waals surface area contributed by atoms with E-state index in [4.69, 9.17) is 0 Å². The van der Waals surface area contributed by atoms with Gasteiger partial charge in [-0.25, -0.2) is 0 Å². The average Bonchev–Trinajstić information content (AvgIpc) is 2.48. The monoisotopic (exact) mass is 282 g/mol. The summed E-state index contributed by atoms with van der Waals surface area (Å²) in [5.41, 5.74) is 0. The summed E-state index contributed by atoms with van der Waals surface area (Å²) in [7, 11) is 0. The Balaban J connectivity index is 1.62. The first kappa shape index (κ1) is 13.7. The fourth-order valence-corrected chi connectivity index (χ4v) is 5.42. The quantitative estimate of drug-likeness (QED) is 0.801. The summed E-state index contributed by atoms with van der Waals surface area (Å²) in [5.74, 6) is 1.82. The topological polar surface area (TPSA) is 32.3 Å². The van der Waals surface area contributed by atoms with Crippen molar-refractivity contribution < 1.29 is 4.79 Å². The van der Waals surface area contributed by atoms with Crippen molar-refractivity contribution >= 4 is 17.7 Å². The number of nitrogens with zero attached hydrogens (tertiary/aromatic N) is 1. The fourth-order valence-electron chi connectivity index (χ4n) is 3.85. The Morgan fingerprint density at radius 3 is 2.79 bits per heavy atom. The van der Waals surface area contributed by atoms with Gasteiger partial charge in [0.1, 0.15) is 0 Å². The zero-order valence-electron chi connectivity index (χ0n) is 11.8. The molecule has 3 fully saturated rings. The maximum absolute atomic E-state index is 12.7. The molecule has 0 aromatic rings. The van der Waals surface area contributed by atoms with Gasteiger partial charge in [-0.15, -0.1) is 0 Å². The Bertz CT molecular complexity index is 317. The largest absolute Gasteiger partial charge is 0.340 e. The number of rotatable bonds is 1. The van der Waals surface area contributed by atoms with Crippen LogP contribution in [0.4, 0.5) is 0 Å². The van der Waals surface area contributed by atoms with Crippen LogP contribution in [-0.4, -0.2) is 47.5 Å². The highest BCUT2D eigenvalue weighted by Gasteiger charge is 2.39. The van der Waals surface area contributed by atoms with Crippen molar-refractivity contribution in [3.05, 3.63) is 0 Å². The molecule has 1 atom stereocenters. The zero-order chi connectivity index (χ0) is 13.1. The second-order valence-electron chi connectivity index (χ2n) is 6.40. The SMILES string of the molecule is O=C(C1CCCNC1)N1CCSC2(CCCCC2)C1. The lowest BCUT2D eigenvalue weighted by Gasteiger charge is -2.45. The summed E-state index contributed by atoms with van der Waals surface area (Å²) < 4.78 is 0.411. The Kier molecular flexibility index (Phi) is 4.37. The Hall–Kier alpha value is -0.220. The van der Waals surface area contributed by atoms with Gasteiger partial charge < -0.3 is 10.2 Å². The summed E-state index contributed by atoms with van der Waals surface area (Å²) in [6, 6.07) is 0. The molecule has 2 heterocycles. The van der Waals surface area contributed by atoms with Crippen molar-refractivity contribution in [1.82, 2.24) is 10.2 Å². The van der Waals surface area contributed by atoms with Crippen LogP contribution in [-0.2, 0) is 4.79 Å². The third-order valence-corrected chi connectivity index (χ3v) is 6.51. The molecule has 0 aromatic carbocycles. The predicted molar refractivity (Wildman–Crippen MR) is 80.4 cm³/mol. The van der Waals surface area contributed by atoms with Crippen molar-refractivity contribution in [1.29, 1.82) is 0 Å². The van der Waals surface area contributed by atoms with Crippen molar-refractivity contribution in [2.45, 2.75) is 49.7 Å². The van der Waals surface area contributed by atoms with E-state index >= 15 is 0 Å². The predicted octanol–water partition coefficient (Wildman–Crippen LogP) is 2.26. The maximum Gasteiger partial charge on any atom is 0.227 e. The number of carbonyl (C=O) groups is 1. The summed E-state index contributed by atoms with van der Waals surface area (Å²) in [6.45, 7) is 3.98. The molecule has 1 amide bonds. The number of nitrogens with one attached hydrogen (secondary N) is 1. The number of carbonyl (C=O) groups excluding carboxylic acids is 1. The molecule has 2 saturated heterocycles. The molecule has 0 radical (unpaired) electrons. The van der Waals surface area contributed by atoms with Gasteiger partial charge in [0.2, 0.25) is 5.91 Å². The van der Waals surface area contributed by atoms with Crippen LogP contribution in [0, 0.1) is 5.92 Å².